The largest absolute Gasteiger partial charge is 0.488 e. The summed E-state index contributed by atoms with van der Waals surface area (Å²) < 4.78 is 11.9. The second-order valence-electron chi connectivity index (χ2n) is 9.78. The van der Waals surface area contributed by atoms with E-state index >= 15 is 0 Å². The highest BCUT2D eigenvalue weighted by Crippen LogP contribution is 2.59. The van der Waals surface area contributed by atoms with Crippen molar-refractivity contribution in [1.29, 1.82) is 0 Å². The lowest BCUT2D eigenvalue weighted by Gasteiger charge is -2.28. The number of carboxylic acid groups (broad SMARTS) is 1. The number of benzene rings is 2. The number of nitrogens with one attached hydrogen (secondary N) is 1. The van der Waals surface area contributed by atoms with E-state index in [1.165, 1.54) is 0 Å². The SMILES string of the molecule is CSc1ccc(CC(C)(C)NC[C@@H](O)CO[C@H](C)c2cccc3c2O[C@@H]2[C@@H](C(=O)O)[C@H]32)cc1Cl. The molecule has 34 heavy (non-hydrogen) atoms. The van der Waals surface area contributed by atoms with E-state index in [4.69, 9.17) is 21.1 Å². The van der Waals surface area contributed by atoms with Crippen molar-refractivity contribution in [3.63, 3.8) is 0 Å². The molecule has 0 aromatic heterocycles. The third-order valence-corrected chi connectivity index (χ3v) is 7.80. The van der Waals surface area contributed by atoms with Gasteiger partial charge in [-0.3, -0.25) is 4.79 Å². The summed E-state index contributed by atoms with van der Waals surface area (Å²) >= 11 is 7.97. The molecule has 1 aliphatic heterocycles. The van der Waals surface area contributed by atoms with Crippen molar-refractivity contribution < 1.29 is 24.5 Å². The Bertz CT molecular complexity index is 1060. The summed E-state index contributed by atoms with van der Waals surface area (Å²) in [5.41, 5.74) is 2.74. The molecule has 6 nitrogen and oxygen atoms in total. The summed E-state index contributed by atoms with van der Waals surface area (Å²) in [6, 6.07) is 11.9. The Morgan fingerprint density at radius 1 is 1.32 bits per heavy atom. The molecule has 2 aromatic rings. The Labute approximate surface area is 210 Å². The summed E-state index contributed by atoms with van der Waals surface area (Å²) in [6.07, 6.45) is 1.55. The summed E-state index contributed by atoms with van der Waals surface area (Å²) in [7, 11) is 0. The number of hydrogen-bond donors (Lipinski definition) is 3. The lowest BCUT2D eigenvalue weighted by atomic mass is 9.94. The molecule has 2 aliphatic rings. The van der Waals surface area contributed by atoms with Crippen molar-refractivity contribution in [3.8, 4) is 5.75 Å². The molecule has 3 N–H and O–H groups in total. The topological polar surface area (TPSA) is 88.0 Å². The maximum atomic E-state index is 11.3. The number of aliphatic hydroxyl groups excluding tert-OH is 1. The molecule has 0 bridgehead atoms. The molecule has 8 heteroatoms. The van der Waals surface area contributed by atoms with Gasteiger partial charge in [0.2, 0.25) is 0 Å². The van der Waals surface area contributed by atoms with E-state index in [-0.39, 0.29) is 30.3 Å². The van der Waals surface area contributed by atoms with Gasteiger partial charge >= 0.3 is 5.97 Å². The summed E-state index contributed by atoms with van der Waals surface area (Å²) in [5, 5.41) is 24.0. The molecule has 1 fully saturated rings. The van der Waals surface area contributed by atoms with Gasteiger partial charge in [-0.15, -0.1) is 11.8 Å². The zero-order valence-corrected chi connectivity index (χ0v) is 21.4. The van der Waals surface area contributed by atoms with Crippen molar-refractivity contribution in [2.75, 3.05) is 19.4 Å². The second kappa shape index (κ2) is 10.1. The highest BCUT2D eigenvalue weighted by molar-refractivity contribution is 7.98. The van der Waals surface area contributed by atoms with Crippen LogP contribution < -0.4 is 10.1 Å². The molecule has 1 saturated carbocycles. The van der Waals surface area contributed by atoms with Crippen molar-refractivity contribution >= 4 is 29.3 Å². The van der Waals surface area contributed by atoms with Crippen LogP contribution in [0.4, 0.5) is 0 Å². The number of aliphatic hydroxyl groups is 1. The Balaban J connectivity index is 1.27. The predicted octanol–water partition coefficient (Wildman–Crippen LogP) is 4.67. The van der Waals surface area contributed by atoms with Crippen LogP contribution in [0, 0.1) is 5.92 Å². The Kier molecular flexibility index (Phi) is 7.50. The monoisotopic (exact) mass is 505 g/mol. The molecule has 5 atom stereocenters. The lowest BCUT2D eigenvalue weighted by molar-refractivity contribution is -0.139. The number of fused-ring (bicyclic) bond motifs is 3. The van der Waals surface area contributed by atoms with Gasteiger partial charge in [0.25, 0.3) is 0 Å². The number of para-hydroxylation sites is 1. The number of aliphatic carboxylic acids is 1. The number of rotatable bonds is 11. The van der Waals surface area contributed by atoms with Crippen molar-refractivity contribution in [2.45, 2.75) is 61.9 Å². The van der Waals surface area contributed by atoms with Gasteiger partial charge in [-0.2, -0.15) is 0 Å². The molecule has 0 radical (unpaired) electrons. The zero-order valence-electron chi connectivity index (χ0n) is 19.9. The van der Waals surface area contributed by atoms with Crippen LogP contribution in [0.3, 0.4) is 0 Å². The number of carbonyl (C=O) groups is 1. The van der Waals surface area contributed by atoms with Gasteiger partial charge in [0, 0.05) is 34.0 Å². The average molecular weight is 506 g/mol. The summed E-state index contributed by atoms with van der Waals surface area (Å²) in [4.78, 5) is 12.4. The first-order valence-electron chi connectivity index (χ1n) is 11.5. The third kappa shape index (κ3) is 5.39. The molecule has 1 heterocycles. The van der Waals surface area contributed by atoms with Crippen molar-refractivity contribution in [3.05, 3.63) is 58.1 Å². The van der Waals surface area contributed by atoms with Gasteiger partial charge in [0.05, 0.1) is 23.8 Å². The number of carboxylic acids is 1. The molecule has 0 unspecified atom stereocenters. The van der Waals surface area contributed by atoms with Crippen LogP contribution >= 0.6 is 23.4 Å². The first kappa shape index (κ1) is 25.3. The molecule has 4 rings (SSSR count). The minimum absolute atomic E-state index is 0.0662. The number of β-amino-alcohol motifs (C(OH)–C–C–N with tert-alkyl or cyclic N) is 1. The number of thioether (sulfide) groups is 1. The van der Waals surface area contributed by atoms with Gasteiger partial charge in [-0.25, -0.2) is 0 Å². The zero-order chi connectivity index (χ0) is 24.6. The van der Waals surface area contributed by atoms with Crippen molar-refractivity contribution in [2.24, 2.45) is 5.92 Å². The fourth-order valence-electron chi connectivity index (χ4n) is 4.71. The minimum atomic E-state index is -0.811. The van der Waals surface area contributed by atoms with Crippen LogP contribution in [0.25, 0.3) is 0 Å². The van der Waals surface area contributed by atoms with Crippen LogP contribution in [0.15, 0.2) is 41.3 Å². The van der Waals surface area contributed by atoms with Crippen molar-refractivity contribution in [1.82, 2.24) is 5.32 Å². The van der Waals surface area contributed by atoms with E-state index in [2.05, 4.69) is 25.2 Å². The second-order valence-corrected chi connectivity index (χ2v) is 11.0. The normalized spacial score (nSPS) is 22.5. The Morgan fingerprint density at radius 3 is 2.76 bits per heavy atom. The molecule has 0 amide bonds. The van der Waals surface area contributed by atoms with Crippen LogP contribution in [0.1, 0.15) is 49.5 Å². The summed E-state index contributed by atoms with van der Waals surface area (Å²) in [5.74, 6) is -0.588. The van der Waals surface area contributed by atoms with E-state index in [1.807, 2.05) is 43.5 Å². The van der Waals surface area contributed by atoms with Gasteiger partial charge < -0.3 is 25.0 Å². The molecule has 1 aliphatic carbocycles. The van der Waals surface area contributed by atoms with E-state index in [0.29, 0.717) is 6.54 Å². The van der Waals surface area contributed by atoms with Crippen LogP contribution in [-0.4, -0.2) is 53.3 Å². The van der Waals surface area contributed by atoms with Crippen LogP contribution in [-0.2, 0) is 16.0 Å². The Hall–Kier alpha value is -1.77. The molecular weight excluding hydrogens is 474 g/mol. The smallest absolute Gasteiger partial charge is 0.311 e. The molecule has 0 spiro atoms. The highest BCUT2D eigenvalue weighted by atomic mass is 35.5. The third-order valence-electron chi connectivity index (χ3n) is 6.58. The molecule has 184 valence electrons. The number of ether oxygens (including phenoxy) is 2. The molecule has 2 aromatic carbocycles. The number of hydrogen-bond acceptors (Lipinski definition) is 6. The maximum absolute atomic E-state index is 11.3. The summed E-state index contributed by atoms with van der Waals surface area (Å²) in [6.45, 7) is 6.68. The molecule has 0 saturated heterocycles. The minimum Gasteiger partial charge on any atom is -0.488 e. The maximum Gasteiger partial charge on any atom is 0.311 e. The van der Waals surface area contributed by atoms with Gasteiger partial charge in [-0.05, 0) is 51.1 Å². The van der Waals surface area contributed by atoms with E-state index in [0.717, 1.165) is 38.8 Å². The predicted molar refractivity (Wildman–Crippen MR) is 134 cm³/mol. The van der Waals surface area contributed by atoms with E-state index in [9.17, 15) is 15.0 Å². The van der Waals surface area contributed by atoms with E-state index in [1.54, 1.807) is 11.8 Å². The van der Waals surface area contributed by atoms with Gasteiger partial charge in [0.15, 0.2) is 0 Å². The fourth-order valence-corrected chi connectivity index (χ4v) is 5.61. The van der Waals surface area contributed by atoms with Crippen LogP contribution in [0.5, 0.6) is 5.75 Å². The van der Waals surface area contributed by atoms with Gasteiger partial charge in [0.1, 0.15) is 17.8 Å². The molecular formula is C26H32ClNO5S. The average Bonchev–Trinajstić information content (AvgIpc) is 3.38. The van der Waals surface area contributed by atoms with Gasteiger partial charge in [-0.1, -0.05) is 35.9 Å². The quantitative estimate of drug-likeness (QED) is 0.382. The van der Waals surface area contributed by atoms with E-state index < -0.39 is 18.0 Å². The fraction of sp³-hybridized carbons (Fsp3) is 0.500. The highest BCUT2D eigenvalue weighted by Gasteiger charge is 2.63. The lowest BCUT2D eigenvalue weighted by Crippen LogP contribution is -2.46. The first-order chi connectivity index (χ1) is 16.1. The first-order valence-corrected chi connectivity index (χ1v) is 13.1. The Morgan fingerprint density at radius 2 is 2.09 bits per heavy atom. The standard InChI is InChI=1S/C26H32ClNO5S/c1-14(17-6-5-7-18-21-22(25(30)31)24(21)33-23(17)18)32-13-16(29)12-28-26(2,3)11-15-8-9-20(34-4)19(27)10-15/h5-10,14,16,21-22,24,28-29H,11-13H2,1-4H3,(H,30,31)/t14-,16-,21+,22+,24+/m1/s1. The number of halogens is 1. The van der Waals surface area contributed by atoms with Crippen LogP contribution in [0.2, 0.25) is 5.02 Å².